The molecule has 0 unspecified atom stereocenters. The molecule has 1 aliphatic rings. The number of fused-ring (bicyclic) bond motifs is 1. The zero-order chi connectivity index (χ0) is 19.0. The summed E-state index contributed by atoms with van der Waals surface area (Å²) >= 11 is 1.57. The summed E-state index contributed by atoms with van der Waals surface area (Å²) in [6, 6.07) is 5.49. The van der Waals surface area contributed by atoms with E-state index in [2.05, 4.69) is 30.0 Å². The number of piperazine rings is 1. The third-order valence-corrected chi connectivity index (χ3v) is 6.02. The summed E-state index contributed by atoms with van der Waals surface area (Å²) in [6.45, 7) is 7.91. The molecule has 1 N–H and O–H groups in total. The Bertz CT molecular complexity index is 1070. The van der Waals surface area contributed by atoms with Crippen LogP contribution >= 0.6 is 11.3 Å². The fourth-order valence-corrected chi connectivity index (χ4v) is 4.32. The van der Waals surface area contributed by atoms with Crippen molar-refractivity contribution >= 4 is 27.4 Å². The quantitative estimate of drug-likeness (QED) is 0.735. The number of anilines is 1. The third-order valence-electron chi connectivity index (χ3n) is 4.92. The number of hydrogen-bond acceptors (Lipinski definition) is 8. The van der Waals surface area contributed by atoms with Crippen molar-refractivity contribution in [2.24, 2.45) is 0 Å². The average Bonchev–Trinajstić information content (AvgIpc) is 2.96. The molecule has 0 spiro atoms. The summed E-state index contributed by atoms with van der Waals surface area (Å²) < 4.78 is 0. The van der Waals surface area contributed by atoms with Gasteiger partial charge < -0.3 is 9.88 Å². The maximum absolute atomic E-state index is 12.4. The Kier molecular flexibility index (Phi) is 4.59. The summed E-state index contributed by atoms with van der Waals surface area (Å²) in [4.78, 5) is 26.4. The molecular formula is C18H19N7OS. The molecule has 0 atom stereocenters. The Labute approximate surface area is 160 Å². The standard InChI is InChI=1S/C18H19N7OS/c1-11-12(2)27-18-16(11)17(26)20-14(21-18)10-24-5-7-25(8-6-24)15-4-3-13(9-19)22-23-15/h3-4H,5-8,10H2,1-2H3,(H,20,21,26). The molecule has 4 heterocycles. The minimum absolute atomic E-state index is 0.0525. The minimum atomic E-state index is -0.0525. The maximum Gasteiger partial charge on any atom is 0.259 e. The highest BCUT2D eigenvalue weighted by molar-refractivity contribution is 7.18. The van der Waals surface area contributed by atoms with Crippen molar-refractivity contribution in [1.29, 1.82) is 5.26 Å². The molecule has 3 aromatic heterocycles. The SMILES string of the molecule is Cc1sc2nc(CN3CCN(c4ccc(C#N)nn4)CC3)[nH]c(=O)c2c1C. The molecule has 1 fully saturated rings. The highest BCUT2D eigenvalue weighted by Crippen LogP contribution is 2.25. The van der Waals surface area contributed by atoms with Crippen LogP contribution in [0.2, 0.25) is 0 Å². The van der Waals surface area contributed by atoms with E-state index in [0.717, 1.165) is 47.3 Å². The van der Waals surface area contributed by atoms with Crippen LogP contribution in [-0.2, 0) is 6.54 Å². The number of hydrogen-bond donors (Lipinski definition) is 1. The molecule has 9 heteroatoms. The number of aryl methyl sites for hydroxylation is 2. The Morgan fingerprint density at radius 1 is 1.22 bits per heavy atom. The van der Waals surface area contributed by atoms with Gasteiger partial charge in [0.05, 0.1) is 11.9 Å². The number of nitrogens with one attached hydrogen (secondary N) is 1. The van der Waals surface area contributed by atoms with Crippen molar-refractivity contribution in [2.45, 2.75) is 20.4 Å². The highest BCUT2D eigenvalue weighted by Gasteiger charge is 2.20. The van der Waals surface area contributed by atoms with Gasteiger partial charge in [-0.1, -0.05) is 0 Å². The Hall–Kier alpha value is -2.83. The molecule has 1 aliphatic heterocycles. The number of H-pyrrole nitrogens is 1. The van der Waals surface area contributed by atoms with Crippen molar-refractivity contribution in [1.82, 2.24) is 25.1 Å². The van der Waals surface area contributed by atoms with Gasteiger partial charge in [0.25, 0.3) is 5.56 Å². The van der Waals surface area contributed by atoms with E-state index in [4.69, 9.17) is 5.26 Å². The second kappa shape index (κ2) is 7.06. The van der Waals surface area contributed by atoms with Gasteiger partial charge in [-0.25, -0.2) is 4.98 Å². The van der Waals surface area contributed by atoms with Gasteiger partial charge in [0.15, 0.2) is 11.5 Å². The van der Waals surface area contributed by atoms with Gasteiger partial charge in [-0.05, 0) is 31.5 Å². The molecular weight excluding hydrogens is 362 g/mol. The first-order valence-electron chi connectivity index (χ1n) is 8.75. The van der Waals surface area contributed by atoms with Gasteiger partial charge in [-0.15, -0.1) is 21.5 Å². The zero-order valence-corrected chi connectivity index (χ0v) is 16.0. The maximum atomic E-state index is 12.4. The molecule has 0 aliphatic carbocycles. The topological polar surface area (TPSA) is 102 Å². The molecule has 1 saturated heterocycles. The van der Waals surface area contributed by atoms with Gasteiger partial charge >= 0.3 is 0 Å². The van der Waals surface area contributed by atoms with Gasteiger partial charge in [0, 0.05) is 31.1 Å². The van der Waals surface area contributed by atoms with Gasteiger partial charge in [0.2, 0.25) is 0 Å². The first-order chi connectivity index (χ1) is 13.0. The van der Waals surface area contributed by atoms with Crippen molar-refractivity contribution in [3.8, 4) is 6.07 Å². The number of nitrogens with zero attached hydrogens (tertiary/aromatic N) is 6. The van der Waals surface area contributed by atoms with Crippen LogP contribution in [0.3, 0.4) is 0 Å². The lowest BCUT2D eigenvalue weighted by Gasteiger charge is -2.34. The summed E-state index contributed by atoms with van der Waals surface area (Å²) in [5.41, 5.74) is 1.29. The normalized spacial score (nSPS) is 15.2. The Balaban J connectivity index is 1.44. The molecule has 0 radical (unpaired) electrons. The Morgan fingerprint density at radius 3 is 2.67 bits per heavy atom. The molecule has 0 bridgehead atoms. The first-order valence-corrected chi connectivity index (χ1v) is 9.57. The first kappa shape index (κ1) is 17.6. The predicted molar refractivity (Wildman–Crippen MR) is 104 cm³/mol. The van der Waals surface area contributed by atoms with Crippen LogP contribution in [-0.4, -0.2) is 51.2 Å². The second-order valence-electron chi connectivity index (χ2n) is 6.63. The van der Waals surface area contributed by atoms with E-state index >= 15 is 0 Å². The molecule has 0 aromatic carbocycles. The number of rotatable bonds is 3. The smallest absolute Gasteiger partial charge is 0.259 e. The lowest BCUT2D eigenvalue weighted by atomic mass is 10.2. The summed E-state index contributed by atoms with van der Waals surface area (Å²) in [7, 11) is 0. The van der Waals surface area contributed by atoms with E-state index in [0.29, 0.717) is 23.4 Å². The lowest BCUT2D eigenvalue weighted by Crippen LogP contribution is -2.46. The molecule has 27 heavy (non-hydrogen) atoms. The van der Waals surface area contributed by atoms with Gasteiger partial charge in [-0.2, -0.15) is 5.26 Å². The fourth-order valence-electron chi connectivity index (χ4n) is 3.27. The lowest BCUT2D eigenvalue weighted by molar-refractivity contribution is 0.243. The van der Waals surface area contributed by atoms with Crippen molar-refractivity contribution in [2.75, 3.05) is 31.1 Å². The number of aromatic amines is 1. The predicted octanol–water partition coefficient (Wildman–Crippen LogP) is 1.59. The highest BCUT2D eigenvalue weighted by atomic mass is 32.1. The van der Waals surface area contributed by atoms with Gasteiger partial charge in [0.1, 0.15) is 16.7 Å². The van der Waals surface area contributed by atoms with Crippen LogP contribution in [0.25, 0.3) is 10.2 Å². The number of thiophene rings is 1. The van der Waals surface area contributed by atoms with Crippen LogP contribution in [0.15, 0.2) is 16.9 Å². The van der Waals surface area contributed by atoms with E-state index in [9.17, 15) is 4.79 Å². The molecule has 0 amide bonds. The van der Waals surface area contributed by atoms with E-state index in [1.165, 1.54) is 0 Å². The van der Waals surface area contributed by atoms with Crippen molar-refractivity contribution in [3.05, 3.63) is 44.4 Å². The Morgan fingerprint density at radius 2 is 2.00 bits per heavy atom. The van der Waals surface area contributed by atoms with Crippen LogP contribution in [0.5, 0.6) is 0 Å². The fraction of sp³-hybridized carbons (Fsp3) is 0.389. The molecule has 3 aromatic rings. The van der Waals surface area contributed by atoms with E-state index in [1.54, 1.807) is 17.4 Å². The molecule has 0 saturated carbocycles. The number of nitriles is 1. The van der Waals surface area contributed by atoms with Crippen LogP contribution in [0.1, 0.15) is 22.0 Å². The molecule has 8 nitrogen and oxygen atoms in total. The average molecular weight is 381 g/mol. The number of aromatic nitrogens is 4. The zero-order valence-electron chi connectivity index (χ0n) is 15.2. The monoisotopic (exact) mass is 381 g/mol. The minimum Gasteiger partial charge on any atom is -0.353 e. The summed E-state index contributed by atoms with van der Waals surface area (Å²) in [6.07, 6.45) is 0. The second-order valence-corrected chi connectivity index (χ2v) is 7.83. The summed E-state index contributed by atoms with van der Waals surface area (Å²) in [5.74, 6) is 1.49. The largest absolute Gasteiger partial charge is 0.353 e. The molecule has 4 rings (SSSR count). The summed E-state index contributed by atoms with van der Waals surface area (Å²) in [5, 5.41) is 17.5. The van der Waals surface area contributed by atoms with E-state index in [-0.39, 0.29) is 5.56 Å². The van der Waals surface area contributed by atoms with Crippen molar-refractivity contribution in [3.63, 3.8) is 0 Å². The third kappa shape index (κ3) is 3.41. The van der Waals surface area contributed by atoms with Crippen LogP contribution < -0.4 is 10.5 Å². The van der Waals surface area contributed by atoms with E-state index in [1.807, 2.05) is 26.0 Å². The van der Waals surface area contributed by atoms with Gasteiger partial charge in [-0.3, -0.25) is 9.69 Å². The molecule has 138 valence electrons. The van der Waals surface area contributed by atoms with Crippen LogP contribution in [0, 0.1) is 25.2 Å². The van der Waals surface area contributed by atoms with Crippen molar-refractivity contribution < 1.29 is 0 Å². The van der Waals surface area contributed by atoms with E-state index < -0.39 is 0 Å². The van der Waals surface area contributed by atoms with Crippen LogP contribution in [0.4, 0.5) is 5.82 Å².